The largest absolute Gasteiger partial charge is 0.493 e. The molecule has 188 valence electrons. The molecule has 0 saturated carbocycles. The first kappa shape index (κ1) is 24.9. The molecule has 0 amide bonds. The predicted molar refractivity (Wildman–Crippen MR) is 119 cm³/mol. The van der Waals surface area contributed by atoms with E-state index in [2.05, 4.69) is 15.3 Å². The van der Waals surface area contributed by atoms with Crippen LogP contribution in [0.25, 0.3) is 10.9 Å². The zero-order chi connectivity index (χ0) is 25.3. The lowest BCUT2D eigenvalue weighted by atomic mass is 10.0. The average Bonchev–Trinajstić information content (AvgIpc) is 3.33. The number of ether oxygens (including phenoxy) is 3. The van der Waals surface area contributed by atoms with E-state index in [-0.39, 0.29) is 23.9 Å². The molecule has 2 atom stereocenters. The van der Waals surface area contributed by atoms with Gasteiger partial charge in [-0.15, -0.1) is 0 Å². The van der Waals surface area contributed by atoms with Crippen LogP contribution >= 0.6 is 0 Å². The number of hydrogen-bond donors (Lipinski definition) is 1. The van der Waals surface area contributed by atoms with Gasteiger partial charge in [0.25, 0.3) is 0 Å². The van der Waals surface area contributed by atoms with Gasteiger partial charge in [-0.2, -0.15) is 13.2 Å². The Labute approximate surface area is 198 Å². The molecule has 1 fully saturated rings. The molecule has 11 heteroatoms. The van der Waals surface area contributed by atoms with Crippen molar-refractivity contribution in [3.63, 3.8) is 0 Å². The van der Waals surface area contributed by atoms with Gasteiger partial charge in [0.15, 0.2) is 11.5 Å². The van der Waals surface area contributed by atoms with Crippen LogP contribution in [-0.4, -0.2) is 36.4 Å². The minimum Gasteiger partial charge on any atom is -0.493 e. The van der Waals surface area contributed by atoms with Gasteiger partial charge in [0, 0.05) is 36.1 Å². The molecule has 1 N–H and O–H groups in total. The van der Waals surface area contributed by atoms with Crippen LogP contribution in [-0.2, 0) is 17.5 Å². The van der Waals surface area contributed by atoms with Crippen molar-refractivity contribution in [3.05, 3.63) is 52.9 Å². The van der Waals surface area contributed by atoms with Gasteiger partial charge in [-0.05, 0) is 38.5 Å². The molecule has 1 aliphatic heterocycles. The second-order valence-corrected chi connectivity index (χ2v) is 8.36. The SMILES string of the molecule is COc1cc2nc(C)nc(NCc3cc(F)cc(C(F)(F)F)c3F)c2cc1OC(C)[C@@H]1CCOC1. The average molecular weight is 497 g/mol. The van der Waals surface area contributed by atoms with Gasteiger partial charge in [-0.1, -0.05) is 0 Å². The van der Waals surface area contributed by atoms with Crippen molar-refractivity contribution in [2.45, 2.75) is 39.1 Å². The van der Waals surface area contributed by atoms with Crippen LogP contribution < -0.4 is 14.8 Å². The van der Waals surface area contributed by atoms with Gasteiger partial charge in [0.1, 0.15) is 29.4 Å². The number of alkyl halides is 3. The molecule has 3 aromatic rings. The fraction of sp³-hybridized carbons (Fsp3) is 0.417. The maximum Gasteiger partial charge on any atom is 0.419 e. The lowest BCUT2D eigenvalue weighted by molar-refractivity contribution is -0.140. The number of halogens is 5. The third-order valence-electron chi connectivity index (χ3n) is 5.90. The number of aromatic nitrogens is 2. The van der Waals surface area contributed by atoms with Crippen molar-refractivity contribution in [1.29, 1.82) is 0 Å². The second-order valence-electron chi connectivity index (χ2n) is 8.36. The van der Waals surface area contributed by atoms with E-state index in [0.29, 0.717) is 41.4 Å². The highest BCUT2D eigenvalue weighted by Crippen LogP contribution is 2.37. The van der Waals surface area contributed by atoms with Gasteiger partial charge in [-0.25, -0.2) is 18.7 Å². The van der Waals surface area contributed by atoms with Crippen molar-refractivity contribution in [2.24, 2.45) is 5.92 Å². The van der Waals surface area contributed by atoms with E-state index in [9.17, 15) is 22.0 Å². The standard InChI is InChI=1S/C24H24F5N3O3/c1-12(14-4-5-34-11-14)35-21-8-17-19(9-20(21)33-3)31-13(2)32-23(17)30-10-15-6-16(25)7-18(22(15)26)24(27,28)29/h6-9,12,14H,4-5,10-11H2,1-3H3,(H,30,31,32)/t12?,14-/m1/s1. The van der Waals surface area contributed by atoms with E-state index in [4.69, 9.17) is 14.2 Å². The van der Waals surface area contributed by atoms with Crippen molar-refractivity contribution in [2.75, 3.05) is 25.6 Å². The predicted octanol–water partition coefficient (Wildman–Crippen LogP) is 5.66. The van der Waals surface area contributed by atoms with Crippen molar-refractivity contribution in [3.8, 4) is 11.5 Å². The smallest absolute Gasteiger partial charge is 0.419 e. The van der Waals surface area contributed by atoms with Crippen LogP contribution in [0.2, 0.25) is 0 Å². The molecule has 0 spiro atoms. The normalized spacial score (nSPS) is 17.0. The lowest BCUT2D eigenvalue weighted by Gasteiger charge is -2.22. The number of anilines is 1. The number of nitrogens with one attached hydrogen (secondary N) is 1. The molecule has 1 aliphatic rings. The highest BCUT2D eigenvalue weighted by Gasteiger charge is 2.35. The van der Waals surface area contributed by atoms with Crippen molar-refractivity contribution >= 4 is 16.7 Å². The Morgan fingerprint density at radius 1 is 1.14 bits per heavy atom. The first-order valence-electron chi connectivity index (χ1n) is 11.0. The molecular formula is C24H24F5N3O3. The van der Waals surface area contributed by atoms with Crippen LogP contribution in [0.4, 0.5) is 27.8 Å². The molecule has 0 radical (unpaired) electrons. The lowest BCUT2D eigenvalue weighted by Crippen LogP contribution is -2.24. The second kappa shape index (κ2) is 9.80. The first-order chi connectivity index (χ1) is 16.6. The minimum absolute atomic E-state index is 0.134. The number of rotatable bonds is 7. The summed E-state index contributed by atoms with van der Waals surface area (Å²) in [4.78, 5) is 8.70. The Bertz CT molecular complexity index is 1230. The molecule has 2 heterocycles. The molecular weight excluding hydrogens is 473 g/mol. The number of fused-ring (bicyclic) bond motifs is 1. The fourth-order valence-electron chi connectivity index (χ4n) is 4.02. The van der Waals surface area contributed by atoms with E-state index in [1.165, 1.54) is 7.11 Å². The molecule has 35 heavy (non-hydrogen) atoms. The highest BCUT2D eigenvalue weighted by atomic mass is 19.4. The topological polar surface area (TPSA) is 65.5 Å². The summed E-state index contributed by atoms with van der Waals surface area (Å²) in [5.74, 6) is -1.06. The van der Waals surface area contributed by atoms with Gasteiger partial charge < -0.3 is 19.5 Å². The Morgan fingerprint density at radius 2 is 1.91 bits per heavy atom. The van der Waals surface area contributed by atoms with E-state index in [0.717, 1.165) is 12.5 Å². The van der Waals surface area contributed by atoms with Gasteiger partial charge in [-0.3, -0.25) is 0 Å². The Morgan fingerprint density at radius 3 is 2.57 bits per heavy atom. The van der Waals surface area contributed by atoms with Crippen LogP contribution in [0, 0.1) is 24.5 Å². The Balaban J connectivity index is 1.68. The maximum absolute atomic E-state index is 14.5. The summed E-state index contributed by atoms with van der Waals surface area (Å²) in [6.45, 7) is 4.38. The van der Waals surface area contributed by atoms with Gasteiger partial charge in [0.05, 0.1) is 24.8 Å². The summed E-state index contributed by atoms with van der Waals surface area (Å²) < 4.78 is 84.6. The van der Waals surface area contributed by atoms with Crippen molar-refractivity contribution in [1.82, 2.24) is 9.97 Å². The highest BCUT2D eigenvalue weighted by molar-refractivity contribution is 5.91. The maximum atomic E-state index is 14.5. The van der Waals surface area contributed by atoms with E-state index >= 15 is 0 Å². The summed E-state index contributed by atoms with van der Waals surface area (Å²) in [5.41, 5.74) is -1.67. The first-order valence-corrected chi connectivity index (χ1v) is 11.0. The summed E-state index contributed by atoms with van der Waals surface area (Å²) >= 11 is 0. The molecule has 4 rings (SSSR count). The molecule has 0 aliphatic carbocycles. The van der Waals surface area contributed by atoms with E-state index in [1.54, 1.807) is 19.1 Å². The summed E-state index contributed by atoms with van der Waals surface area (Å²) in [5, 5.41) is 3.30. The molecule has 0 bridgehead atoms. The minimum atomic E-state index is -5.02. The molecule has 1 aromatic heterocycles. The number of methoxy groups -OCH3 is 1. The number of benzene rings is 2. The molecule has 1 unspecified atom stereocenters. The zero-order valence-electron chi connectivity index (χ0n) is 19.3. The van der Waals surface area contributed by atoms with E-state index in [1.807, 2.05) is 6.92 Å². The van der Waals surface area contributed by atoms with E-state index < -0.39 is 35.5 Å². The quantitative estimate of drug-likeness (QED) is 0.425. The summed E-state index contributed by atoms with van der Waals surface area (Å²) in [6.07, 6.45) is -4.33. The molecule has 1 saturated heterocycles. The molecule has 2 aromatic carbocycles. The zero-order valence-corrected chi connectivity index (χ0v) is 19.3. The Hall–Kier alpha value is -3.21. The van der Waals surface area contributed by atoms with Crippen molar-refractivity contribution < 1.29 is 36.2 Å². The van der Waals surface area contributed by atoms with Gasteiger partial charge >= 0.3 is 6.18 Å². The number of hydrogen-bond acceptors (Lipinski definition) is 6. The third kappa shape index (κ3) is 5.39. The summed E-state index contributed by atoms with van der Waals surface area (Å²) in [6, 6.07) is 4.17. The third-order valence-corrected chi connectivity index (χ3v) is 5.90. The fourth-order valence-corrected chi connectivity index (χ4v) is 4.02. The van der Waals surface area contributed by atoms with Crippen LogP contribution in [0.5, 0.6) is 11.5 Å². The van der Waals surface area contributed by atoms with Crippen LogP contribution in [0.3, 0.4) is 0 Å². The number of nitrogens with zero attached hydrogens (tertiary/aromatic N) is 2. The summed E-state index contributed by atoms with van der Waals surface area (Å²) in [7, 11) is 1.50. The van der Waals surface area contributed by atoms with Crippen LogP contribution in [0.1, 0.15) is 30.3 Å². The molecule has 6 nitrogen and oxygen atoms in total. The number of aryl methyl sites for hydroxylation is 1. The Kier molecular flexibility index (Phi) is 6.98. The monoisotopic (exact) mass is 497 g/mol. The van der Waals surface area contributed by atoms with Gasteiger partial charge in [0.2, 0.25) is 0 Å². The van der Waals surface area contributed by atoms with Crippen LogP contribution in [0.15, 0.2) is 24.3 Å².